The first-order chi connectivity index (χ1) is 14.6. The number of nitrogens with zero attached hydrogens (tertiary/aromatic N) is 3. The summed E-state index contributed by atoms with van der Waals surface area (Å²) in [6, 6.07) is 8.07. The van der Waals surface area contributed by atoms with E-state index in [9.17, 15) is 9.90 Å². The fraction of sp³-hybridized carbons (Fsp3) is 0.522. The second-order valence-corrected chi connectivity index (χ2v) is 8.84. The van der Waals surface area contributed by atoms with Crippen LogP contribution in [-0.4, -0.2) is 40.4 Å². The number of benzene rings is 1. The molecule has 2 aliphatic carbocycles. The molecule has 0 radical (unpaired) electrons. The Hall–Kier alpha value is -2.83. The summed E-state index contributed by atoms with van der Waals surface area (Å²) in [6.45, 7) is 1.67. The molecule has 1 spiro atoms. The van der Waals surface area contributed by atoms with E-state index in [1.54, 1.807) is 12.4 Å². The van der Waals surface area contributed by atoms with Gasteiger partial charge in [-0.05, 0) is 56.1 Å². The minimum absolute atomic E-state index is 0.0719. The zero-order valence-corrected chi connectivity index (χ0v) is 17.1. The Bertz CT molecular complexity index is 903. The van der Waals surface area contributed by atoms with Crippen molar-refractivity contribution in [2.75, 3.05) is 18.0 Å². The highest BCUT2D eigenvalue weighted by atomic mass is 16.5. The standard InChI is InChI=1S/C23H28N4O3/c28-22(29)26-21-18-8-4-1-5-16(18)13-23(21)9-11-27(12-10-23)19-14-25-20(15-24-19)30-17-6-2-3-7-17/h1,4-5,8,14-15,17,21,26H,2-3,6-7,9-13H2,(H,28,29). The largest absolute Gasteiger partial charge is 0.473 e. The number of carbonyl (C=O) groups is 1. The van der Waals surface area contributed by atoms with Gasteiger partial charge >= 0.3 is 6.09 Å². The molecule has 30 heavy (non-hydrogen) atoms. The molecular formula is C23H28N4O3. The monoisotopic (exact) mass is 408 g/mol. The van der Waals surface area contributed by atoms with Crippen molar-refractivity contribution in [2.24, 2.45) is 5.41 Å². The third kappa shape index (κ3) is 3.57. The van der Waals surface area contributed by atoms with E-state index in [4.69, 9.17) is 4.74 Å². The zero-order valence-electron chi connectivity index (χ0n) is 17.1. The number of rotatable bonds is 4. The molecule has 7 nitrogen and oxygen atoms in total. The normalized spacial score (nSPS) is 22.8. The maximum absolute atomic E-state index is 11.5. The molecule has 2 heterocycles. The van der Waals surface area contributed by atoms with Crippen LogP contribution in [0.5, 0.6) is 5.88 Å². The predicted octanol–water partition coefficient (Wildman–Crippen LogP) is 3.95. The van der Waals surface area contributed by atoms with Gasteiger partial charge in [0.15, 0.2) is 0 Å². The van der Waals surface area contributed by atoms with Gasteiger partial charge in [-0.1, -0.05) is 24.3 Å². The van der Waals surface area contributed by atoms with E-state index in [0.29, 0.717) is 5.88 Å². The number of fused-ring (bicyclic) bond motifs is 1. The highest BCUT2D eigenvalue weighted by Crippen LogP contribution is 2.52. The summed E-state index contributed by atoms with van der Waals surface area (Å²) in [4.78, 5) is 22.8. The van der Waals surface area contributed by atoms with E-state index in [2.05, 4.69) is 32.3 Å². The molecule has 2 N–H and O–H groups in total. The maximum Gasteiger partial charge on any atom is 0.405 e. The number of piperidine rings is 1. The highest BCUT2D eigenvalue weighted by molar-refractivity contribution is 5.66. The first-order valence-electron chi connectivity index (χ1n) is 10.9. The van der Waals surface area contributed by atoms with Gasteiger partial charge in [-0.25, -0.2) is 14.8 Å². The molecule has 5 rings (SSSR count). The van der Waals surface area contributed by atoms with Crippen LogP contribution in [0.25, 0.3) is 0 Å². The Labute approximate surface area is 176 Å². The van der Waals surface area contributed by atoms with Crippen molar-refractivity contribution in [3.05, 3.63) is 47.8 Å². The third-order valence-corrected chi connectivity index (χ3v) is 7.08. The lowest BCUT2D eigenvalue weighted by Gasteiger charge is -2.43. The van der Waals surface area contributed by atoms with Crippen molar-refractivity contribution in [3.8, 4) is 5.88 Å². The quantitative estimate of drug-likeness (QED) is 0.797. The molecule has 1 saturated heterocycles. The minimum atomic E-state index is -0.956. The molecule has 2 fully saturated rings. The number of ether oxygens (including phenoxy) is 1. The van der Waals surface area contributed by atoms with Gasteiger partial charge in [0.25, 0.3) is 0 Å². The molecule has 7 heteroatoms. The van der Waals surface area contributed by atoms with E-state index in [1.807, 2.05) is 12.1 Å². The Morgan fingerprint density at radius 3 is 2.60 bits per heavy atom. The molecule has 158 valence electrons. The molecule has 1 amide bonds. The summed E-state index contributed by atoms with van der Waals surface area (Å²) in [5, 5.41) is 12.2. The van der Waals surface area contributed by atoms with Gasteiger partial charge in [0.05, 0.1) is 18.4 Å². The first-order valence-corrected chi connectivity index (χ1v) is 10.9. The predicted molar refractivity (Wildman–Crippen MR) is 113 cm³/mol. The molecular weight excluding hydrogens is 380 g/mol. The van der Waals surface area contributed by atoms with Crippen LogP contribution in [0.3, 0.4) is 0 Å². The average molecular weight is 409 g/mol. The van der Waals surface area contributed by atoms with E-state index in [-0.39, 0.29) is 17.6 Å². The van der Waals surface area contributed by atoms with Crippen LogP contribution in [0.15, 0.2) is 36.7 Å². The average Bonchev–Trinajstić information content (AvgIpc) is 3.36. The molecule has 1 saturated carbocycles. The van der Waals surface area contributed by atoms with E-state index in [0.717, 1.165) is 56.6 Å². The number of hydrogen-bond acceptors (Lipinski definition) is 5. The highest BCUT2D eigenvalue weighted by Gasteiger charge is 2.48. The van der Waals surface area contributed by atoms with Gasteiger partial charge in [-0.2, -0.15) is 0 Å². The molecule has 1 unspecified atom stereocenters. The van der Waals surface area contributed by atoms with Crippen molar-refractivity contribution >= 4 is 11.9 Å². The zero-order chi connectivity index (χ0) is 20.6. The molecule has 3 aliphatic rings. The van der Waals surface area contributed by atoms with E-state index < -0.39 is 6.09 Å². The lowest BCUT2D eigenvalue weighted by Crippen LogP contribution is -2.46. The molecule has 0 bridgehead atoms. The number of carboxylic acid groups (broad SMARTS) is 1. The Kier molecular flexibility index (Phi) is 4.97. The molecule has 1 atom stereocenters. The number of nitrogens with one attached hydrogen (secondary N) is 1. The Morgan fingerprint density at radius 2 is 1.90 bits per heavy atom. The lowest BCUT2D eigenvalue weighted by molar-refractivity contribution is 0.141. The fourth-order valence-electron chi connectivity index (χ4n) is 5.50. The summed E-state index contributed by atoms with van der Waals surface area (Å²) in [6.07, 6.45) is 10.3. The summed E-state index contributed by atoms with van der Waals surface area (Å²) in [7, 11) is 0. The van der Waals surface area contributed by atoms with Crippen molar-refractivity contribution in [3.63, 3.8) is 0 Å². The van der Waals surface area contributed by atoms with E-state index >= 15 is 0 Å². The van der Waals surface area contributed by atoms with Gasteiger partial charge < -0.3 is 20.1 Å². The molecule has 1 aliphatic heterocycles. The van der Waals surface area contributed by atoms with Crippen LogP contribution >= 0.6 is 0 Å². The molecule has 2 aromatic rings. The van der Waals surface area contributed by atoms with Crippen molar-refractivity contribution in [1.29, 1.82) is 0 Å². The SMILES string of the molecule is O=C(O)NC1c2ccccc2CC12CCN(c1cnc(OC3CCCC3)cn1)CC2. The van der Waals surface area contributed by atoms with Crippen LogP contribution < -0.4 is 15.0 Å². The summed E-state index contributed by atoms with van der Waals surface area (Å²) in [5.41, 5.74) is 2.32. The molecule has 1 aromatic heterocycles. The second kappa shape index (κ2) is 7.78. The smallest absolute Gasteiger partial charge is 0.405 e. The minimum Gasteiger partial charge on any atom is -0.473 e. The third-order valence-electron chi connectivity index (χ3n) is 7.08. The number of anilines is 1. The Balaban J connectivity index is 1.27. The van der Waals surface area contributed by atoms with Crippen LogP contribution in [0, 0.1) is 5.41 Å². The number of aromatic nitrogens is 2. The topological polar surface area (TPSA) is 87.6 Å². The van der Waals surface area contributed by atoms with Crippen LogP contribution in [0.4, 0.5) is 10.6 Å². The van der Waals surface area contributed by atoms with E-state index in [1.165, 1.54) is 18.4 Å². The van der Waals surface area contributed by atoms with Gasteiger partial charge in [-0.15, -0.1) is 0 Å². The summed E-state index contributed by atoms with van der Waals surface area (Å²) in [5.74, 6) is 1.47. The van der Waals surface area contributed by atoms with Gasteiger partial charge in [0, 0.05) is 18.5 Å². The van der Waals surface area contributed by atoms with Crippen LogP contribution in [0.1, 0.15) is 55.7 Å². The fourth-order valence-corrected chi connectivity index (χ4v) is 5.50. The summed E-state index contributed by atoms with van der Waals surface area (Å²) < 4.78 is 5.92. The first kappa shape index (κ1) is 19.2. The van der Waals surface area contributed by atoms with Gasteiger partial charge in [0.2, 0.25) is 5.88 Å². The number of amides is 1. The lowest BCUT2D eigenvalue weighted by atomic mass is 9.72. The van der Waals surface area contributed by atoms with Crippen LogP contribution in [-0.2, 0) is 6.42 Å². The van der Waals surface area contributed by atoms with Crippen molar-refractivity contribution in [2.45, 2.75) is 57.1 Å². The second-order valence-electron chi connectivity index (χ2n) is 8.84. The van der Waals surface area contributed by atoms with Crippen molar-refractivity contribution < 1.29 is 14.6 Å². The Morgan fingerprint density at radius 1 is 1.13 bits per heavy atom. The summed E-state index contributed by atoms with van der Waals surface area (Å²) >= 11 is 0. The van der Waals surface area contributed by atoms with Crippen molar-refractivity contribution in [1.82, 2.24) is 15.3 Å². The molecule has 1 aromatic carbocycles. The van der Waals surface area contributed by atoms with Gasteiger partial charge in [0.1, 0.15) is 11.9 Å². The van der Waals surface area contributed by atoms with Crippen LogP contribution in [0.2, 0.25) is 0 Å². The number of hydrogen-bond donors (Lipinski definition) is 2. The van der Waals surface area contributed by atoms with Gasteiger partial charge in [-0.3, -0.25) is 0 Å². The maximum atomic E-state index is 11.5.